The molecule has 5 heteroatoms. The molecule has 0 saturated heterocycles. The van der Waals surface area contributed by atoms with Crippen molar-refractivity contribution in [2.45, 2.75) is 20.1 Å². The Morgan fingerprint density at radius 2 is 2.00 bits per heavy atom. The van der Waals surface area contributed by atoms with Gasteiger partial charge in [-0.15, -0.1) is 0 Å². The Labute approximate surface area is 101 Å². The van der Waals surface area contributed by atoms with Crippen molar-refractivity contribution >= 4 is 6.29 Å². The van der Waals surface area contributed by atoms with Crippen LogP contribution in [0.15, 0.2) is 18.3 Å². The van der Waals surface area contributed by atoms with Crippen LogP contribution in [0.1, 0.15) is 24.3 Å². The summed E-state index contributed by atoms with van der Waals surface area (Å²) < 4.78 is 16.1. The summed E-state index contributed by atoms with van der Waals surface area (Å²) in [4.78, 5) is 14.3. The Morgan fingerprint density at radius 1 is 1.29 bits per heavy atom. The Balaban J connectivity index is 2.43. The minimum absolute atomic E-state index is 0.295. The predicted octanol–water partition coefficient (Wildman–Crippen LogP) is 1.67. The first-order valence-corrected chi connectivity index (χ1v) is 5.57. The summed E-state index contributed by atoms with van der Waals surface area (Å²) in [5.74, 6) is 0.583. The van der Waals surface area contributed by atoms with Crippen LogP contribution in [0.2, 0.25) is 0 Å². The Hall–Kier alpha value is -1.46. The first kappa shape index (κ1) is 13.6. The van der Waals surface area contributed by atoms with E-state index in [1.807, 2.05) is 13.8 Å². The molecular weight excluding hydrogens is 222 g/mol. The second kappa shape index (κ2) is 7.76. The van der Waals surface area contributed by atoms with Gasteiger partial charge >= 0.3 is 0 Å². The van der Waals surface area contributed by atoms with Crippen LogP contribution in [0.5, 0.6) is 5.75 Å². The first-order valence-electron chi connectivity index (χ1n) is 5.57. The summed E-state index contributed by atoms with van der Waals surface area (Å²) in [5.41, 5.74) is 0.378. The molecule has 0 aliphatic rings. The Morgan fingerprint density at radius 3 is 2.47 bits per heavy atom. The summed E-state index contributed by atoms with van der Waals surface area (Å²) in [6.45, 7) is 5.22. The van der Waals surface area contributed by atoms with E-state index >= 15 is 0 Å². The number of ether oxygens (including phenoxy) is 3. The Bertz CT molecular complexity index is 320. The molecule has 0 aliphatic heterocycles. The molecule has 0 aliphatic carbocycles. The molecule has 0 aromatic carbocycles. The number of aldehydes is 1. The van der Waals surface area contributed by atoms with Gasteiger partial charge in [0.05, 0.1) is 6.20 Å². The van der Waals surface area contributed by atoms with Crippen molar-refractivity contribution in [2.75, 3.05) is 19.8 Å². The minimum atomic E-state index is -0.379. The molecule has 5 nitrogen and oxygen atoms in total. The smallest absolute Gasteiger partial charge is 0.191 e. The highest BCUT2D eigenvalue weighted by atomic mass is 16.7. The molecule has 17 heavy (non-hydrogen) atoms. The lowest BCUT2D eigenvalue weighted by molar-refractivity contribution is -0.152. The lowest BCUT2D eigenvalue weighted by Gasteiger charge is -2.17. The number of aromatic nitrogens is 1. The van der Waals surface area contributed by atoms with Gasteiger partial charge in [-0.25, -0.2) is 4.98 Å². The fraction of sp³-hybridized carbons (Fsp3) is 0.500. The Kier molecular flexibility index (Phi) is 6.21. The zero-order valence-electron chi connectivity index (χ0n) is 10.1. The van der Waals surface area contributed by atoms with E-state index in [4.69, 9.17) is 14.2 Å². The largest absolute Gasteiger partial charge is 0.487 e. The molecule has 0 atom stereocenters. The SMILES string of the molecule is CCOC(COc1ccc(C=O)nc1)OCC. The van der Waals surface area contributed by atoms with E-state index in [-0.39, 0.29) is 6.29 Å². The fourth-order valence-electron chi connectivity index (χ4n) is 1.23. The van der Waals surface area contributed by atoms with E-state index in [0.717, 1.165) is 0 Å². The summed E-state index contributed by atoms with van der Waals surface area (Å²) in [7, 11) is 0. The van der Waals surface area contributed by atoms with Gasteiger partial charge in [-0.3, -0.25) is 4.79 Å². The van der Waals surface area contributed by atoms with Crippen LogP contribution in [-0.4, -0.2) is 37.4 Å². The number of pyridine rings is 1. The molecule has 0 amide bonds. The third kappa shape index (κ3) is 4.93. The van der Waals surface area contributed by atoms with Gasteiger partial charge in [0.1, 0.15) is 18.1 Å². The quantitative estimate of drug-likeness (QED) is 0.510. The van der Waals surface area contributed by atoms with Crippen molar-refractivity contribution in [1.29, 1.82) is 0 Å². The third-order valence-electron chi connectivity index (χ3n) is 1.97. The molecular formula is C12H17NO4. The van der Waals surface area contributed by atoms with Crippen molar-refractivity contribution in [3.63, 3.8) is 0 Å². The molecule has 0 saturated carbocycles. The maximum absolute atomic E-state index is 10.4. The van der Waals surface area contributed by atoms with E-state index < -0.39 is 0 Å². The maximum atomic E-state index is 10.4. The van der Waals surface area contributed by atoms with Crippen LogP contribution in [0, 0.1) is 0 Å². The van der Waals surface area contributed by atoms with Crippen LogP contribution in [0.25, 0.3) is 0 Å². The lowest BCUT2D eigenvalue weighted by Crippen LogP contribution is -2.25. The van der Waals surface area contributed by atoms with Gasteiger partial charge in [-0.05, 0) is 26.0 Å². The molecule has 0 N–H and O–H groups in total. The van der Waals surface area contributed by atoms with Crippen molar-refractivity contribution in [3.05, 3.63) is 24.0 Å². The van der Waals surface area contributed by atoms with Crippen molar-refractivity contribution < 1.29 is 19.0 Å². The number of rotatable bonds is 8. The molecule has 94 valence electrons. The molecule has 1 heterocycles. The van der Waals surface area contributed by atoms with Crippen molar-refractivity contribution in [3.8, 4) is 5.75 Å². The summed E-state index contributed by atoms with van der Waals surface area (Å²) in [6.07, 6.45) is 1.81. The third-order valence-corrected chi connectivity index (χ3v) is 1.97. The van der Waals surface area contributed by atoms with Gasteiger partial charge in [0.15, 0.2) is 12.6 Å². The molecule has 1 aromatic rings. The highest BCUT2D eigenvalue weighted by Gasteiger charge is 2.08. The topological polar surface area (TPSA) is 57.7 Å². The van der Waals surface area contributed by atoms with E-state index in [2.05, 4.69) is 4.98 Å². The van der Waals surface area contributed by atoms with Gasteiger partial charge in [-0.2, -0.15) is 0 Å². The average molecular weight is 239 g/mol. The number of hydrogen-bond donors (Lipinski definition) is 0. The lowest BCUT2D eigenvalue weighted by atomic mass is 10.4. The average Bonchev–Trinajstić information content (AvgIpc) is 2.37. The summed E-state index contributed by atoms with van der Waals surface area (Å²) in [5, 5.41) is 0. The van der Waals surface area contributed by atoms with Gasteiger partial charge in [0.25, 0.3) is 0 Å². The number of nitrogens with zero attached hydrogens (tertiary/aromatic N) is 1. The second-order valence-electron chi connectivity index (χ2n) is 3.19. The number of carbonyl (C=O) groups excluding carboxylic acids is 1. The molecule has 1 rings (SSSR count). The van der Waals surface area contributed by atoms with Gasteiger partial charge < -0.3 is 14.2 Å². The molecule has 0 spiro atoms. The van der Waals surface area contributed by atoms with Gasteiger partial charge in [-0.1, -0.05) is 0 Å². The van der Waals surface area contributed by atoms with Gasteiger partial charge in [0.2, 0.25) is 0 Å². The predicted molar refractivity (Wildman–Crippen MR) is 62.2 cm³/mol. The highest BCUT2D eigenvalue weighted by Crippen LogP contribution is 2.09. The molecule has 0 radical (unpaired) electrons. The number of carbonyl (C=O) groups is 1. The van der Waals surface area contributed by atoms with Crippen molar-refractivity contribution in [1.82, 2.24) is 4.98 Å². The normalized spacial score (nSPS) is 10.5. The molecule has 1 aromatic heterocycles. The van der Waals surface area contributed by atoms with Crippen LogP contribution < -0.4 is 4.74 Å². The van der Waals surface area contributed by atoms with E-state index in [0.29, 0.717) is 37.6 Å². The van der Waals surface area contributed by atoms with Crippen LogP contribution in [0.3, 0.4) is 0 Å². The summed E-state index contributed by atoms with van der Waals surface area (Å²) in [6, 6.07) is 3.28. The maximum Gasteiger partial charge on any atom is 0.191 e. The van der Waals surface area contributed by atoms with E-state index in [1.165, 1.54) is 6.20 Å². The summed E-state index contributed by atoms with van der Waals surface area (Å²) >= 11 is 0. The molecule has 0 fully saturated rings. The monoisotopic (exact) mass is 239 g/mol. The van der Waals surface area contributed by atoms with Crippen LogP contribution >= 0.6 is 0 Å². The standard InChI is InChI=1S/C12H17NO4/c1-3-15-12(16-4-2)9-17-11-6-5-10(8-14)13-7-11/h5-8,12H,3-4,9H2,1-2H3. The van der Waals surface area contributed by atoms with Crippen molar-refractivity contribution in [2.24, 2.45) is 0 Å². The minimum Gasteiger partial charge on any atom is -0.487 e. The second-order valence-corrected chi connectivity index (χ2v) is 3.19. The molecule has 0 unspecified atom stereocenters. The van der Waals surface area contributed by atoms with Crippen LogP contribution in [0.4, 0.5) is 0 Å². The zero-order chi connectivity index (χ0) is 12.5. The van der Waals surface area contributed by atoms with Gasteiger partial charge in [0, 0.05) is 13.2 Å². The highest BCUT2D eigenvalue weighted by molar-refractivity contribution is 5.71. The van der Waals surface area contributed by atoms with E-state index in [9.17, 15) is 4.79 Å². The zero-order valence-corrected chi connectivity index (χ0v) is 10.1. The van der Waals surface area contributed by atoms with E-state index in [1.54, 1.807) is 12.1 Å². The fourth-order valence-corrected chi connectivity index (χ4v) is 1.23. The molecule has 0 bridgehead atoms. The first-order chi connectivity index (χ1) is 8.30. The number of hydrogen-bond acceptors (Lipinski definition) is 5. The van der Waals surface area contributed by atoms with Crippen LogP contribution in [-0.2, 0) is 9.47 Å².